The molecule has 1 aliphatic rings. The summed E-state index contributed by atoms with van der Waals surface area (Å²) < 4.78 is 40.8. The first-order chi connectivity index (χ1) is 10.5. The molecule has 0 N–H and O–H groups in total. The van der Waals surface area contributed by atoms with E-state index in [4.69, 9.17) is 0 Å². The predicted molar refractivity (Wildman–Crippen MR) is 81.0 cm³/mol. The molecule has 0 amide bonds. The molecule has 2 aromatic carbocycles. The summed E-state index contributed by atoms with van der Waals surface area (Å²) >= 11 is 0. The van der Waals surface area contributed by atoms with Crippen LogP contribution < -0.4 is 0 Å². The van der Waals surface area contributed by atoms with Gasteiger partial charge >= 0.3 is 0 Å². The third-order valence-electron chi connectivity index (χ3n) is 4.59. The van der Waals surface area contributed by atoms with Crippen molar-refractivity contribution < 1.29 is 45.9 Å². The molecule has 0 aliphatic heterocycles. The molecule has 2 aromatic rings. The first-order valence-corrected chi connectivity index (χ1v) is 7.71. The van der Waals surface area contributed by atoms with Crippen LogP contribution in [0.4, 0.5) is 13.2 Å². The van der Waals surface area contributed by atoms with Gasteiger partial charge < -0.3 is 0 Å². The molecule has 1 aliphatic carbocycles. The summed E-state index contributed by atoms with van der Waals surface area (Å²) in [6.07, 6.45) is 4.48. The zero-order chi connectivity index (χ0) is 15.7. The van der Waals surface area contributed by atoms with Crippen LogP contribution in [0.25, 0.3) is 11.1 Å². The van der Waals surface area contributed by atoms with Crippen LogP contribution in [0.2, 0.25) is 0 Å². The fourth-order valence-electron chi connectivity index (χ4n) is 3.27. The van der Waals surface area contributed by atoms with Crippen molar-refractivity contribution in [3.05, 3.63) is 59.4 Å². The summed E-state index contributed by atoms with van der Waals surface area (Å²) in [5.74, 6) is -0.940. The topological polar surface area (TPSA) is 0 Å². The molecule has 0 bridgehead atoms. The molecule has 0 aromatic heterocycles. The van der Waals surface area contributed by atoms with E-state index >= 15 is 0 Å². The molecule has 0 spiro atoms. The minimum absolute atomic E-state index is 0. The molecule has 1 radical (unpaired) electrons. The van der Waals surface area contributed by atoms with Crippen LogP contribution >= 0.6 is 0 Å². The van der Waals surface area contributed by atoms with E-state index in [0.717, 1.165) is 36.5 Å². The molecular weight excluding hydrogens is 374 g/mol. The van der Waals surface area contributed by atoms with Crippen molar-refractivity contribution in [2.24, 2.45) is 5.92 Å². The molecule has 3 rings (SSSR count). The average Bonchev–Trinajstić information content (AvgIpc) is 2.46. The van der Waals surface area contributed by atoms with Gasteiger partial charge in [0.25, 0.3) is 0 Å². The summed E-state index contributed by atoms with van der Waals surface area (Å²) in [6, 6.07) is 9.13. The Labute approximate surface area is 160 Å². The molecule has 23 heavy (non-hydrogen) atoms. The van der Waals surface area contributed by atoms with Gasteiger partial charge in [-0.05, 0) is 41.9 Å². The minimum Gasteiger partial charge on any atom is -0.236 e. The smallest absolute Gasteiger partial charge is 0.129 e. The Morgan fingerprint density at radius 2 is 1.52 bits per heavy atom. The molecule has 1 fully saturated rings. The zero-order valence-electron chi connectivity index (χ0n) is 13.1. The quantitative estimate of drug-likeness (QED) is 0.562. The van der Waals surface area contributed by atoms with Crippen LogP contribution in [-0.4, -0.2) is 0 Å². The third-order valence-corrected chi connectivity index (χ3v) is 4.59. The SMILES string of the molecule is CC1CCC(c2ccc(-c3cc(F)[c-]c(F)c3)c(F)c2)CC1.[Y]. The number of hydrogen-bond donors (Lipinski definition) is 0. The number of benzene rings is 2. The van der Waals surface area contributed by atoms with Crippen molar-refractivity contribution in [2.75, 3.05) is 0 Å². The molecule has 119 valence electrons. The summed E-state index contributed by atoms with van der Waals surface area (Å²) in [5.41, 5.74) is 1.41. The Balaban J connectivity index is 0.00000192. The van der Waals surface area contributed by atoms with Gasteiger partial charge in [0.15, 0.2) is 0 Å². The van der Waals surface area contributed by atoms with E-state index in [2.05, 4.69) is 6.92 Å². The first kappa shape index (κ1) is 18.7. The molecule has 1 saturated carbocycles. The van der Waals surface area contributed by atoms with Crippen LogP contribution in [0.1, 0.15) is 44.1 Å². The fourth-order valence-corrected chi connectivity index (χ4v) is 3.27. The van der Waals surface area contributed by atoms with Crippen LogP contribution in [0, 0.1) is 29.4 Å². The number of rotatable bonds is 2. The van der Waals surface area contributed by atoms with E-state index in [1.807, 2.05) is 12.1 Å². The maximum atomic E-state index is 14.4. The van der Waals surface area contributed by atoms with Crippen molar-refractivity contribution in [1.29, 1.82) is 0 Å². The van der Waals surface area contributed by atoms with Gasteiger partial charge in [0.05, 0.1) is 0 Å². The summed E-state index contributed by atoms with van der Waals surface area (Å²) in [5, 5.41) is 0. The number of halogens is 3. The van der Waals surface area contributed by atoms with E-state index in [1.54, 1.807) is 6.07 Å². The van der Waals surface area contributed by atoms with E-state index in [0.29, 0.717) is 5.92 Å². The van der Waals surface area contributed by atoms with Gasteiger partial charge in [0, 0.05) is 44.3 Å². The minimum atomic E-state index is -0.820. The summed E-state index contributed by atoms with van der Waals surface area (Å²) in [7, 11) is 0. The Morgan fingerprint density at radius 3 is 2.09 bits per heavy atom. The normalized spacial score (nSPS) is 20.9. The van der Waals surface area contributed by atoms with Gasteiger partial charge in [-0.2, -0.15) is 0 Å². The molecule has 0 unspecified atom stereocenters. The molecular formula is C19H18F3Y-. The molecule has 0 saturated heterocycles. The van der Waals surface area contributed by atoms with Crippen molar-refractivity contribution in [1.82, 2.24) is 0 Å². The van der Waals surface area contributed by atoms with Gasteiger partial charge in [0.1, 0.15) is 5.82 Å². The van der Waals surface area contributed by atoms with Crippen LogP contribution in [0.15, 0.2) is 30.3 Å². The largest absolute Gasteiger partial charge is 0.236 e. The Kier molecular flexibility index (Phi) is 6.44. The first-order valence-electron chi connectivity index (χ1n) is 7.71. The summed E-state index contributed by atoms with van der Waals surface area (Å²) in [6.45, 7) is 2.25. The third kappa shape index (κ3) is 4.45. The Hall–Kier alpha value is -0.666. The van der Waals surface area contributed by atoms with E-state index < -0.39 is 17.5 Å². The molecule has 0 atom stereocenters. The van der Waals surface area contributed by atoms with Crippen molar-refractivity contribution in [3.63, 3.8) is 0 Å². The van der Waals surface area contributed by atoms with Gasteiger partial charge in [-0.1, -0.05) is 31.9 Å². The van der Waals surface area contributed by atoms with E-state index in [-0.39, 0.29) is 43.8 Å². The van der Waals surface area contributed by atoms with Gasteiger partial charge in [-0.25, -0.2) is 13.2 Å². The second-order valence-electron chi connectivity index (χ2n) is 6.26. The van der Waals surface area contributed by atoms with E-state index in [1.165, 1.54) is 18.9 Å². The van der Waals surface area contributed by atoms with Crippen molar-refractivity contribution in [3.8, 4) is 11.1 Å². The maximum absolute atomic E-state index is 14.4. The van der Waals surface area contributed by atoms with Crippen molar-refractivity contribution >= 4 is 0 Å². The fraction of sp³-hybridized carbons (Fsp3) is 0.368. The summed E-state index contributed by atoms with van der Waals surface area (Å²) in [4.78, 5) is 0. The Bertz CT molecular complexity index is 656. The zero-order valence-corrected chi connectivity index (χ0v) is 15.9. The van der Waals surface area contributed by atoms with Gasteiger partial charge in [-0.15, -0.1) is 23.8 Å². The predicted octanol–water partition coefficient (Wildman–Crippen LogP) is 5.86. The maximum Gasteiger partial charge on any atom is 0.129 e. The Morgan fingerprint density at radius 1 is 0.913 bits per heavy atom. The second-order valence-corrected chi connectivity index (χ2v) is 6.26. The standard InChI is InChI=1S/C19H18F3.Y/c1-12-2-4-13(5-3-12)14-6-7-18(19(22)10-14)15-8-16(20)11-17(21)9-15;/h6-10,12-13H,2-5H2,1H3;/q-1;. The van der Waals surface area contributed by atoms with Crippen molar-refractivity contribution in [2.45, 2.75) is 38.5 Å². The van der Waals surface area contributed by atoms with Gasteiger partial charge in [-0.3, -0.25) is 0 Å². The second kappa shape index (κ2) is 7.94. The van der Waals surface area contributed by atoms with Crippen LogP contribution in [-0.2, 0) is 32.7 Å². The van der Waals surface area contributed by atoms with E-state index in [9.17, 15) is 13.2 Å². The molecule has 0 heterocycles. The van der Waals surface area contributed by atoms with Gasteiger partial charge in [0.2, 0.25) is 0 Å². The number of hydrogen-bond acceptors (Lipinski definition) is 0. The molecule has 4 heteroatoms. The van der Waals surface area contributed by atoms with Crippen LogP contribution in [0.3, 0.4) is 0 Å². The van der Waals surface area contributed by atoms with Crippen LogP contribution in [0.5, 0.6) is 0 Å². The molecule has 0 nitrogen and oxygen atoms in total. The average molecular weight is 392 g/mol. The monoisotopic (exact) mass is 392 g/mol.